The van der Waals surface area contributed by atoms with Gasteiger partial charge in [-0.2, -0.15) is 0 Å². The second-order valence-corrected chi connectivity index (χ2v) is 7.59. The van der Waals surface area contributed by atoms with Gasteiger partial charge in [0.2, 0.25) is 0 Å². The number of likely N-dealkylation sites (N-methyl/N-ethyl adjacent to an activating group) is 1. The molecule has 0 saturated carbocycles. The molecule has 0 fully saturated rings. The topological polar surface area (TPSA) is 62.7 Å². The molecule has 0 unspecified atom stereocenters. The zero-order chi connectivity index (χ0) is 22.2. The molecule has 1 aliphatic rings. The highest BCUT2D eigenvalue weighted by atomic mass is 16.5. The van der Waals surface area contributed by atoms with Gasteiger partial charge < -0.3 is 9.64 Å². The summed E-state index contributed by atoms with van der Waals surface area (Å²) in [6.07, 6.45) is 4.94. The lowest BCUT2D eigenvalue weighted by Gasteiger charge is -2.25. The molecule has 0 atom stereocenters. The van der Waals surface area contributed by atoms with Crippen molar-refractivity contribution >= 4 is 17.4 Å². The van der Waals surface area contributed by atoms with Crippen LogP contribution in [-0.4, -0.2) is 59.4 Å². The second kappa shape index (κ2) is 10.9. The minimum absolute atomic E-state index is 0.214. The van der Waals surface area contributed by atoms with Crippen LogP contribution in [0.5, 0.6) is 0 Å². The lowest BCUT2D eigenvalue weighted by Crippen LogP contribution is -2.36. The zero-order valence-electron chi connectivity index (χ0n) is 18.6. The fourth-order valence-electron chi connectivity index (χ4n) is 3.75. The Labute approximate surface area is 184 Å². The Morgan fingerprint density at radius 2 is 1.71 bits per heavy atom. The number of hydrogen-bond acceptors (Lipinski definition) is 5. The van der Waals surface area contributed by atoms with Gasteiger partial charge in [0.15, 0.2) is 0 Å². The number of benzene rings is 1. The van der Waals surface area contributed by atoms with Crippen LogP contribution in [0.1, 0.15) is 37.0 Å². The zero-order valence-corrected chi connectivity index (χ0v) is 18.6. The largest absolute Gasteiger partial charge is 0.382 e. The first-order chi connectivity index (χ1) is 15.1. The van der Waals surface area contributed by atoms with Gasteiger partial charge in [-0.25, -0.2) is 0 Å². The molecule has 0 saturated heterocycles. The molecule has 1 aromatic carbocycles. The summed E-state index contributed by atoms with van der Waals surface area (Å²) in [5, 5.41) is 0. The molecule has 0 bridgehead atoms. The molecule has 31 heavy (non-hydrogen) atoms. The monoisotopic (exact) mass is 421 g/mol. The molecule has 0 aliphatic carbocycles. The number of aryl methyl sites for hydroxylation is 1. The van der Waals surface area contributed by atoms with E-state index in [0.717, 1.165) is 23.1 Å². The van der Waals surface area contributed by atoms with Crippen molar-refractivity contribution in [2.45, 2.75) is 33.6 Å². The lowest BCUT2D eigenvalue weighted by atomic mass is 10.0. The number of carbonyl (C=O) groups excluding carboxylic acids is 2. The highest BCUT2D eigenvalue weighted by molar-refractivity contribution is 6.35. The van der Waals surface area contributed by atoms with Crippen LogP contribution in [0.15, 0.2) is 54.5 Å². The van der Waals surface area contributed by atoms with E-state index < -0.39 is 0 Å². The number of pyridine rings is 1. The normalized spacial score (nSPS) is 14.0. The summed E-state index contributed by atoms with van der Waals surface area (Å²) in [6.45, 7) is 8.76. The Morgan fingerprint density at radius 1 is 1.00 bits per heavy atom. The standard InChI is InChI=1S/C25H31N3O3/c1-4-27(17-13-20-11-14-26-15-12-20)23-22(21-9-7-19(3)8-10-21)24(29)28(25(23)30)16-6-18-31-5-2/h7-12,14-15H,4-6,13,16-18H2,1-3H3. The van der Waals surface area contributed by atoms with Crippen LogP contribution >= 0.6 is 0 Å². The van der Waals surface area contributed by atoms with E-state index in [0.29, 0.717) is 50.5 Å². The van der Waals surface area contributed by atoms with Crippen LogP contribution < -0.4 is 0 Å². The maximum Gasteiger partial charge on any atom is 0.277 e. The molecule has 0 N–H and O–H groups in total. The van der Waals surface area contributed by atoms with Crippen LogP contribution in [0.3, 0.4) is 0 Å². The fourth-order valence-corrected chi connectivity index (χ4v) is 3.75. The molecule has 2 aromatic rings. The third-order valence-electron chi connectivity index (χ3n) is 5.48. The van der Waals surface area contributed by atoms with Gasteiger partial charge in [-0.1, -0.05) is 29.8 Å². The molecule has 0 spiro atoms. The van der Waals surface area contributed by atoms with E-state index in [-0.39, 0.29) is 11.8 Å². The summed E-state index contributed by atoms with van der Waals surface area (Å²) in [7, 11) is 0. The summed E-state index contributed by atoms with van der Waals surface area (Å²) in [5.74, 6) is -0.434. The molecule has 2 amide bonds. The van der Waals surface area contributed by atoms with Gasteiger partial charge >= 0.3 is 0 Å². The van der Waals surface area contributed by atoms with E-state index in [4.69, 9.17) is 4.74 Å². The summed E-state index contributed by atoms with van der Waals surface area (Å²) in [5.41, 5.74) is 4.05. The molecule has 0 radical (unpaired) electrons. The van der Waals surface area contributed by atoms with E-state index in [1.807, 2.05) is 62.1 Å². The predicted octanol–water partition coefficient (Wildman–Crippen LogP) is 3.46. The highest BCUT2D eigenvalue weighted by Gasteiger charge is 2.40. The van der Waals surface area contributed by atoms with Crippen molar-refractivity contribution in [1.29, 1.82) is 0 Å². The average Bonchev–Trinajstić information content (AvgIpc) is 3.03. The maximum atomic E-state index is 13.4. The van der Waals surface area contributed by atoms with Gasteiger partial charge in [0.05, 0.1) is 5.57 Å². The van der Waals surface area contributed by atoms with Gasteiger partial charge in [-0.05, 0) is 56.9 Å². The Bertz CT molecular complexity index is 923. The van der Waals surface area contributed by atoms with E-state index in [1.54, 1.807) is 12.4 Å². The first-order valence-corrected chi connectivity index (χ1v) is 11.0. The number of carbonyl (C=O) groups is 2. The smallest absolute Gasteiger partial charge is 0.277 e. The van der Waals surface area contributed by atoms with E-state index in [1.165, 1.54) is 4.90 Å². The number of nitrogens with zero attached hydrogens (tertiary/aromatic N) is 3. The summed E-state index contributed by atoms with van der Waals surface area (Å²) in [4.78, 5) is 34.2. The van der Waals surface area contributed by atoms with Crippen LogP contribution in [0.25, 0.3) is 5.57 Å². The van der Waals surface area contributed by atoms with Crippen molar-refractivity contribution in [2.24, 2.45) is 0 Å². The van der Waals surface area contributed by atoms with Crippen LogP contribution in [-0.2, 0) is 20.7 Å². The molecule has 1 aliphatic heterocycles. The molecular formula is C25H31N3O3. The second-order valence-electron chi connectivity index (χ2n) is 7.59. The SMILES string of the molecule is CCOCCCN1C(=O)C(c2ccc(C)cc2)=C(N(CC)CCc2ccncc2)C1=O. The van der Waals surface area contributed by atoms with Crippen LogP contribution in [0.2, 0.25) is 0 Å². The van der Waals surface area contributed by atoms with E-state index in [9.17, 15) is 9.59 Å². The van der Waals surface area contributed by atoms with Gasteiger partial charge in [0.1, 0.15) is 5.70 Å². The lowest BCUT2D eigenvalue weighted by molar-refractivity contribution is -0.137. The van der Waals surface area contributed by atoms with Gasteiger partial charge in [-0.15, -0.1) is 0 Å². The van der Waals surface area contributed by atoms with Gasteiger partial charge in [0.25, 0.3) is 11.8 Å². The summed E-state index contributed by atoms with van der Waals surface area (Å²) in [6, 6.07) is 11.8. The van der Waals surface area contributed by atoms with Crippen LogP contribution in [0, 0.1) is 6.92 Å². The Hall–Kier alpha value is -2.99. The Kier molecular flexibility index (Phi) is 7.95. The summed E-state index contributed by atoms with van der Waals surface area (Å²) >= 11 is 0. The molecule has 3 rings (SSSR count). The quantitative estimate of drug-likeness (QED) is 0.411. The number of amides is 2. The Morgan fingerprint density at radius 3 is 2.35 bits per heavy atom. The maximum absolute atomic E-state index is 13.4. The number of hydrogen-bond donors (Lipinski definition) is 0. The fraction of sp³-hybridized carbons (Fsp3) is 0.400. The molecule has 1 aromatic heterocycles. The summed E-state index contributed by atoms with van der Waals surface area (Å²) < 4.78 is 5.39. The minimum atomic E-state index is -0.220. The first-order valence-electron chi connectivity index (χ1n) is 11.0. The molecule has 2 heterocycles. The molecule has 6 heteroatoms. The third kappa shape index (κ3) is 5.39. The Balaban J connectivity index is 1.90. The van der Waals surface area contributed by atoms with E-state index >= 15 is 0 Å². The number of aromatic nitrogens is 1. The first kappa shape index (κ1) is 22.7. The molecular weight excluding hydrogens is 390 g/mol. The van der Waals surface area contributed by atoms with Crippen molar-refractivity contribution in [2.75, 3.05) is 32.8 Å². The van der Waals surface area contributed by atoms with Crippen molar-refractivity contribution in [3.05, 3.63) is 71.2 Å². The third-order valence-corrected chi connectivity index (χ3v) is 5.48. The van der Waals surface area contributed by atoms with Crippen molar-refractivity contribution in [3.63, 3.8) is 0 Å². The van der Waals surface area contributed by atoms with Crippen LogP contribution in [0.4, 0.5) is 0 Å². The number of imide groups is 1. The van der Waals surface area contributed by atoms with Gasteiger partial charge in [0, 0.05) is 45.2 Å². The van der Waals surface area contributed by atoms with Crippen molar-refractivity contribution in [1.82, 2.24) is 14.8 Å². The number of ether oxygens (including phenoxy) is 1. The highest BCUT2D eigenvalue weighted by Crippen LogP contribution is 2.32. The average molecular weight is 422 g/mol. The molecule has 164 valence electrons. The minimum Gasteiger partial charge on any atom is -0.382 e. The number of rotatable bonds is 11. The van der Waals surface area contributed by atoms with E-state index in [2.05, 4.69) is 4.98 Å². The van der Waals surface area contributed by atoms with Crippen molar-refractivity contribution in [3.8, 4) is 0 Å². The van der Waals surface area contributed by atoms with Crippen molar-refractivity contribution < 1.29 is 14.3 Å². The van der Waals surface area contributed by atoms with Gasteiger partial charge in [-0.3, -0.25) is 19.5 Å². The molecule has 6 nitrogen and oxygen atoms in total. The predicted molar refractivity (Wildman–Crippen MR) is 121 cm³/mol.